The van der Waals surface area contributed by atoms with E-state index < -0.39 is 36.2 Å². The SMILES string of the molecule is C=C(N[C@H](C(=O)OCC(C)(CO)CO)[C@@](C)(O)c1ccc(O)cc1)c1ccc(-c2ccc(N)cc2)cc1. The van der Waals surface area contributed by atoms with E-state index in [9.17, 15) is 25.2 Å². The van der Waals surface area contributed by atoms with Gasteiger partial charge >= 0.3 is 5.97 Å². The fraction of sp³-hybridized carbons (Fsp3) is 0.276. The van der Waals surface area contributed by atoms with Crippen molar-refractivity contribution in [2.45, 2.75) is 25.5 Å². The molecule has 0 aliphatic rings. The number of rotatable bonds is 11. The summed E-state index contributed by atoms with van der Waals surface area (Å²) in [7, 11) is 0. The maximum atomic E-state index is 13.2. The number of hydrogen-bond acceptors (Lipinski definition) is 8. The van der Waals surface area contributed by atoms with Crippen LogP contribution in [-0.4, -0.2) is 52.3 Å². The molecule has 0 saturated heterocycles. The Hall–Kier alpha value is -3.85. The van der Waals surface area contributed by atoms with Crippen molar-refractivity contribution in [3.8, 4) is 16.9 Å². The van der Waals surface area contributed by atoms with Crippen LogP contribution < -0.4 is 11.1 Å². The minimum absolute atomic E-state index is 0.0129. The highest BCUT2D eigenvalue weighted by molar-refractivity contribution is 5.81. The monoisotopic (exact) mass is 506 g/mol. The topological polar surface area (TPSA) is 145 Å². The van der Waals surface area contributed by atoms with Crippen molar-refractivity contribution in [2.75, 3.05) is 25.6 Å². The van der Waals surface area contributed by atoms with E-state index in [0.717, 1.165) is 11.1 Å². The zero-order valence-electron chi connectivity index (χ0n) is 21.0. The van der Waals surface area contributed by atoms with Gasteiger partial charge in [-0.05, 0) is 53.4 Å². The number of hydrogen-bond donors (Lipinski definition) is 6. The molecule has 8 nitrogen and oxygen atoms in total. The summed E-state index contributed by atoms with van der Waals surface area (Å²) in [4.78, 5) is 13.2. The van der Waals surface area contributed by atoms with E-state index in [2.05, 4.69) is 11.9 Å². The Kier molecular flexibility index (Phi) is 8.60. The molecule has 0 amide bonds. The number of phenols is 1. The Morgan fingerprint density at radius 2 is 1.46 bits per heavy atom. The predicted molar refractivity (Wildman–Crippen MR) is 143 cm³/mol. The molecule has 0 radical (unpaired) electrons. The first kappa shape index (κ1) is 27.7. The maximum Gasteiger partial charge on any atom is 0.331 e. The average Bonchev–Trinajstić information content (AvgIpc) is 2.90. The number of esters is 1. The molecule has 8 heteroatoms. The molecule has 196 valence electrons. The third-order valence-electron chi connectivity index (χ3n) is 6.37. The molecule has 2 atom stereocenters. The van der Waals surface area contributed by atoms with E-state index in [0.29, 0.717) is 22.5 Å². The van der Waals surface area contributed by atoms with Crippen LogP contribution in [0.15, 0.2) is 79.4 Å². The van der Waals surface area contributed by atoms with Crippen LogP contribution in [0.5, 0.6) is 5.75 Å². The minimum atomic E-state index is -1.77. The second-order valence-corrected chi connectivity index (χ2v) is 9.68. The van der Waals surface area contributed by atoms with Crippen LogP contribution in [0.25, 0.3) is 16.8 Å². The molecule has 0 heterocycles. The van der Waals surface area contributed by atoms with Crippen molar-refractivity contribution in [3.05, 3.63) is 90.5 Å². The Morgan fingerprint density at radius 1 is 0.946 bits per heavy atom. The van der Waals surface area contributed by atoms with Gasteiger partial charge in [0.15, 0.2) is 6.04 Å². The molecular weight excluding hydrogens is 472 g/mol. The number of carbonyl (C=O) groups is 1. The Balaban J connectivity index is 1.86. The Bertz CT molecular complexity index is 1200. The molecule has 0 spiro atoms. The van der Waals surface area contributed by atoms with Crippen molar-refractivity contribution in [2.24, 2.45) is 5.41 Å². The van der Waals surface area contributed by atoms with Crippen LogP contribution in [0.3, 0.4) is 0 Å². The number of anilines is 1. The van der Waals surface area contributed by atoms with Crippen LogP contribution in [0.4, 0.5) is 5.69 Å². The summed E-state index contributed by atoms with van der Waals surface area (Å²) in [6.45, 7) is 6.04. The second kappa shape index (κ2) is 11.5. The molecule has 3 aromatic carbocycles. The molecule has 0 saturated carbocycles. The highest BCUT2D eigenvalue weighted by atomic mass is 16.5. The molecule has 0 aliphatic carbocycles. The standard InChI is InChI=1S/C29H34N2O6/c1-19(20-4-6-21(7-5-20)22-8-12-24(30)13-9-22)31-26(27(35)37-18-28(2,16-32)17-33)29(3,36)23-10-14-25(34)15-11-23/h4-15,26,31-34,36H,1,16-18,30H2,2-3H3/t26-,29+/m1/s1. The van der Waals surface area contributed by atoms with Gasteiger partial charge < -0.3 is 36.2 Å². The van der Waals surface area contributed by atoms with Crippen molar-refractivity contribution in [1.29, 1.82) is 0 Å². The van der Waals surface area contributed by atoms with Gasteiger partial charge in [0.05, 0.1) is 13.2 Å². The fourth-order valence-corrected chi connectivity index (χ4v) is 3.66. The Morgan fingerprint density at radius 3 is 1.97 bits per heavy atom. The third kappa shape index (κ3) is 6.68. The van der Waals surface area contributed by atoms with Gasteiger partial charge in [0, 0.05) is 16.8 Å². The van der Waals surface area contributed by atoms with Gasteiger partial charge in [-0.1, -0.05) is 62.0 Å². The van der Waals surface area contributed by atoms with Crippen molar-refractivity contribution >= 4 is 17.4 Å². The first-order valence-electron chi connectivity index (χ1n) is 11.8. The third-order valence-corrected chi connectivity index (χ3v) is 6.37. The van der Waals surface area contributed by atoms with Crippen molar-refractivity contribution < 1.29 is 30.0 Å². The van der Waals surface area contributed by atoms with Crippen LogP contribution in [-0.2, 0) is 15.1 Å². The van der Waals surface area contributed by atoms with Gasteiger partial charge in [0.25, 0.3) is 0 Å². The first-order valence-corrected chi connectivity index (χ1v) is 11.8. The molecular formula is C29H34N2O6. The molecule has 0 bridgehead atoms. The molecule has 3 aromatic rings. The number of ether oxygens (including phenoxy) is 1. The minimum Gasteiger partial charge on any atom is -0.508 e. The largest absolute Gasteiger partial charge is 0.508 e. The van der Waals surface area contributed by atoms with E-state index in [1.807, 2.05) is 48.5 Å². The molecule has 0 aromatic heterocycles. The van der Waals surface area contributed by atoms with Crippen molar-refractivity contribution in [1.82, 2.24) is 5.32 Å². The quantitative estimate of drug-likeness (QED) is 0.172. The lowest BCUT2D eigenvalue weighted by molar-refractivity contribution is -0.158. The lowest BCUT2D eigenvalue weighted by atomic mass is 9.87. The lowest BCUT2D eigenvalue weighted by Crippen LogP contribution is -2.52. The summed E-state index contributed by atoms with van der Waals surface area (Å²) < 4.78 is 5.42. The van der Waals surface area contributed by atoms with Gasteiger partial charge in [0.1, 0.15) is 18.0 Å². The number of aliphatic hydroxyl groups is 3. The lowest BCUT2D eigenvalue weighted by Gasteiger charge is -2.34. The second-order valence-electron chi connectivity index (χ2n) is 9.68. The molecule has 7 N–H and O–H groups in total. The molecule has 0 fully saturated rings. The van der Waals surface area contributed by atoms with E-state index in [4.69, 9.17) is 10.5 Å². The Labute approximate surface area is 216 Å². The summed E-state index contributed by atoms with van der Waals surface area (Å²) in [6.07, 6.45) is 0. The maximum absolute atomic E-state index is 13.2. The van der Waals surface area contributed by atoms with Crippen molar-refractivity contribution in [3.63, 3.8) is 0 Å². The van der Waals surface area contributed by atoms with Crippen LogP contribution in [0, 0.1) is 5.41 Å². The number of nitrogens with one attached hydrogen (secondary N) is 1. The highest BCUT2D eigenvalue weighted by Gasteiger charge is 2.41. The number of phenolic OH excluding ortho intramolecular Hbond substituents is 1. The van der Waals surface area contributed by atoms with E-state index in [-0.39, 0.29) is 12.4 Å². The van der Waals surface area contributed by atoms with Gasteiger partial charge in [-0.3, -0.25) is 0 Å². The summed E-state index contributed by atoms with van der Waals surface area (Å²) in [5.41, 5.74) is 7.01. The number of nitrogens with two attached hydrogens (primary N) is 1. The van der Waals surface area contributed by atoms with E-state index in [1.54, 1.807) is 6.92 Å². The number of nitrogen functional groups attached to an aromatic ring is 1. The fourth-order valence-electron chi connectivity index (χ4n) is 3.66. The summed E-state index contributed by atoms with van der Waals surface area (Å²) in [6, 6.07) is 19.5. The normalized spacial score (nSPS) is 13.9. The summed E-state index contributed by atoms with van der Waals surface area (Å²) in [5.74, 6) is -0.787. The van der Waals surface area contributed by atoms with Gasteiger partial charge in [-0.2, -0.15) is 0 Å². The van der Waals surface area contributed by atoms with Crippen LogP contribution in [0.2, 0.25) is 0 Å². The average molecular weight is 507 g/mol. The smallest absolute Gasteiger partial charge is 0.331 e. The van der Waals surface area contributed by atoms with Crippen LogP contribution in [0.1, 0.15) is 25.0 Å². The van der Waals surface area contributed by atoms with Gasteiger partial charge in [0.2, 0.25) is 0 Å². The zero-order chi connectivity index (χ0) is 27.2. The first-order chi connectivity index (χ1) is 17.5. The molecule has 3 rings (SSSR count). The van der Waals surface area contributed by atoms with Gasteiger partial charge in [-0.15, -0.1) is 0 Å². The zero-order valence-corrected chi connectivity index (χ0v) is 21.0. The molecule has 0 unspecified atom stereocenters. The number of carbonyl (C=O) groups excluding carboxylic acids is 1. The van der Waals surface area contributed by atoms with Gasteiger partial charge in [-0.25, -0.2) is 4.79 Å². The predicted octanol–water partition coefficient (Wildman–Crippen LogP) is 3.01. The molecule has 37 heavy (non-hydrogen) atoms. The summed E-state index contributed by atoms with van der Waals surface area (Å²) >= 11 is 0. The van der Waals surface area contributed by atoms with Crippen LogP contribution >= 0.6 is 0 Å². The molecule has 0 aliphatic heterocycles. The summed E-state index contributed by atoms with van der Waals surface area (Å²) in [5, 5.41) is 43.2. The van der Waals surface area contributed by atoms with E-state index >= 15 is 0 Å². The number of aromatic hydroxyl groups is 1. The van der Waals surface area contributed by atoms with E-state index in [1.165, 1.54) is 31.2 Å². The number of aliphatic hydroxyl groups excluding tert-OH is 2. The number of benzene rings is 3. The highest BCUT2D eigenvalue weighted by Crippen LogP contribution is 2.30.